The van der Waals surface area contributed by atoms with Gasteiger partial charge in [0.1, 0.15) is 0 Å². The van der Waals surface area contributed by atoms with Gasteiger partial charge < -0.3 is 15.5 Å². The molecule has 0 radical (unpaired) electrons. The van der Waals surface area contributed by atoms with Gasteiger partial charge in [-0.2, -0.15) is 0 Å². The van der Waals surface area contributed by atoms with E-state index in [0.29, 0.717) is 22.6 Å². The van der Waals surface area contributed by atoms with Gasteiger partial charge in [-0.05, 0) is 69.5 Å². The Kier molecular flexibility index (Phi) is 7.30. The molecule has 2 amide bonds. The lowest BCUT2D eigenvalue weighted by atomic mass is 10.0. The van der Waals surface area contributed by atoms with E-state index in [2.05, 4.69) is 27.5 Å². The molecule has 2 N–H and O–H groups in total. The summed E-state index contributed by atoms with van der Waals surface area (Å²) in [4.78, 5) is 35.7. The van der Waals surface area contributed by atoms with Crippen LogP contribution in [0.5, 0.6) is 0 Å². The summed E-state index contributed by atoms with van der Waals surface area (Å²) in [5, 5.41) is 6.97. The average molecular weight is 454 g/mol. The number of halogens is 1. The molecule has 168 valence electrons. The van der Waals surface area contributed by atoms with Crippen molar-refractivity contribution in [2.75, 3.05) is 17.2 Å². The lowest BCUT2D eigenvalue weighted by molar-refractivity contribution is -0.114. The van der Waals surface area contributed by atoms with Gasteiger partial charge in [0.15, 0.2) is 5.65 Å². The average Bonchev–Trinajstić information content (AvgIpc) is 2.74. The van der Waals surface area contributed by atoms with Crippen molar-refractivity contribution in [1.29, 1.82) is 0 Å². The molecule has 7 nitrogen and oxygen atoms in total. The maximum Gasteiger partial charge on any atom is 0.257 e. The molecule has 1 fully saturated rings. The van der Waals surface area contributed by atoms with Crippen molar-refractivity contribution in [3.05, 3.63) is 53.9 Å². The fourth-order valence-electron chi connectivity index (χ4n) is 4.01. The van der Waals surface area contributed by atoms with E-state index in [0.717, 1.165) is 42.6 Å². The minimum Gasteiger partial charge on any atom is -0.354 e. The summed E-state index contributed by atoms with van der Waals surface area (Å²) in [5.74, 6) is -0.134. The number of aromatic nitrogens is 2. The molecule has 8 heteroatoms. The Bertz CT molecular complexity index is 1130. The molecule has 3 heterocycles. The Balaban J connectivity index is 0.00000289. The molecule has 1 atom stereocenters. The molecule has 0 bridgehead atoms. The molecule has 32 heavy (non-hydrogen) atoms. The summed E-state index contributed by atoms with van der Waals surface area (Å²) in [6, 6.07) is 11.5. The van der Waals surface area contributed by atoms with Crippen molar-refractivity contribution in [1.82, 2.24) is 14.9 Å². The molecule has 3 aromatic rings. The number of aryl methyl sites for hydroxylation is 1. The molecular formula is C24H28ClN5O2. The fraction of sp³-hybridized carbons (Fsp3) is 0.333. The van der Waals surface area contributed by atoms with Gasteiger partial charge in [0.2, 0.25) is 5.91 Å². The van der Waals surface area contributed by atoms with Gasteiger partial charge in [0, 0.05) is 48.2 Å². The molecule has 4 rings (SSSR count). The quantitative estimate of drug-likeness (QED) is 0.575. The molecule has 0 spiro atoms. The predicted molar refractivity (Wildman–Crippen MR) is 130 cm³/mol. The number of fused-ring (bicyclic) bond motifs is 1. The largest absolute Gasteiger partial charge is 0.354 e. The molecule has 0 saturated carbocycles. The van der Waals surface area contributed by atoms with E-state index in [9.17, 15) is 9.59 Å². The van der Waals surface area contributed by atoms with Crippen LogP contribution in [0.25, 0.3) is 11.0 Å². The minimum absolute atomic E-state index is 0. The Morgan fingerprint density at radius 3 is 2.47 bits per heavy atom. The molecule has 2 aromatic heterocycles. The Morgan fingerprint density at radius 2 is 1.78 bits per heavy atom. The van der Waals surface area contributed by atoms with Gasteiger partial charge in [0.25, 0.3) is 5.91 Å². The second kappa shape index (κ2) is 9.96. The smallest absolute Gasteiger partial charge is 0.257 e. The lowest BCUT2D eigenvalue weighted by Gasteiger charge is -2.34. The Morgan fingerprint density at radius 1 is 1.06 bits per heavy atom. The zero-order chi connectivity index (χ0) is 22.0. The van der Waals surface area contributed by atoms with E-state index < -0.39 is 0 Å². The van der Waals surface area contributed by atoms with Gasteiger partial charge in [-0.25, -0.2) is 9.97 Å². The van der Waals surface area contributed by atoms with E-state index in [-0.39, 0.29) is 30.3 Å². The van der Waals surface area contributed by atoms with E-state index in [1.807, 2.05) is 48.2 Å². The highest BCUT2D eigenvalue weighted by Gasteiger charge is 2.27. The summed E-state index contributed by atoms with van der Waals surface area (Å²) in [5.41, 5.74) is 4.23. The number of carbonyl (C=O) groups is 2. The maximum absolute atomic E-state index is 13.5. The first-order valence-electron chi connectivity index (χ1n) is 10.6. The molecule has 1 aliphatic rings. The highest BCUT2D eigenvalue weighted by atomic mass is 35.5. The number of pyridine rings is 2. The van der Waals surface area contributed by atoms with Crippen molar-refractivity contribution in [3.63, 3.8) is 0 Å². The number of amides is 2. The van der Waals surface area contributed by atoms with Crippen molar-refractivity contribution in [2.45, 2.75) is 46.1 Å². The van der Waals surface area contributed by atoms with Crippen molar-refractivity contribution < 1.29 is 9.59 Å². The van der Waals surface area contributed by atoms with Gasteiger partial charge >= 0.3 is 0 Å². The SMILES string of the molecule is CC(=O)Nc1ccc(Nc2c(C(=O)N3CCCCC3C)cnc3nc(C)ccc23)cc1.Cl. The highest BCUT2D eigenvalue weighted by Crippen LogP contribution is 2.31. The van der Waals surface area contributed by atoms with Gasteiger partial charge in [0.05, 0.1) is 11.3 Å². The van der Waals surface area contributed by atoms with Crippen LogP contribution >= 0.6 is 12.4 Å². The van der Waals surface area contributed by atoms with Gasteiger partial charge in [-0.15, -0.1) is 12.4 Å². The minimum atomic E-state index is -0.120. The number of nitrogens with zero attached hydrogens (tertiary/aromatic N) is 3. The first-order chi connectivity index (χ1) is 14.9. The number of benzene rings is 1. The number of hydrogen-bond donors (Lipinski definition) is 2. The third-order valence-corrected chi connectivity index (χ3v) is 5.64. The standard InChI is InChI=1S/C24H27N5O2.ClH/c1-15-7-12-20-22(28-19-10-8-18(9-11-19)27-17(3)30)21(14-25-23(20)26-15)24(31)29-13-5-4-6-16(29)2;/h7-12,14,16H,4-6,13H2,1-3H3,(H,27,30)(H,25,26,28);1H. The number of rotatable bonds is 4. The normalized spacial score (nSPS) is 15.7. The lowest BCUT2D eigenvalue weighted by Crippen LogP contribution is -2.42. The first-order valence-corrected chi connectivity index (χ1v) is 10.6. The third kappa shape index (κ3) is 4.99. The second-order valence-corrected chi connectivity index (χ2v) is 8.10. The summed E-state index contributed by atoms with van der Waals surface area (Å²) < 4.78 is 0. The van der Waals surface area contributed by atoms with Crippen molar-refractivity contribution >= 4 is 52.3 Å². The first kappa shape index (κ1) is 23.5. The van der Waals surface area contributed by atoms with E-state index in [1.54, 1.807) is 6.20 Å². The summed E-state index contributed by atoms with van der Waals surface area (Å²) in [6.07, 6.45) is 4.81. The van der Waals surface area contributed by atoms with Crippen LogP contribution in [-0.4, -0.2) is 39.3 Å². The van der Waals surface area contributed by atoms with Crippen molar-refractivity contribution in [2.24, 2.45) is 0 Å². The second-order valence-electron chi connectivity index (χ2n) is 8.10. The molecule has 1 saturated heterocycles. The summed E-state index contributed by atoms with van der Waals surface area (Å²) in [7, 11) is 0. The van der Waals surface area contributed by atoms with E-state index >= 15 is 0 Å². The van der Waals surface area contributed by atoms with E-state index in [1.165, 1.54) is 6.92 Å². The Labute approximate surface area is 194 Å². The number of piperidine rings is 1. The Hall–Kier alpha value is -3.19. The van der Waals surface area contributed by atoms with Crippen LogP contribution in [0.15, 0.2) is 42.6 Å². The summed E-state index contributed by atoms with van der Waals surface area (Å²) in [6.45, 7) is 6.26. The molecule has 1 aliphatic heterocycles. The van der Waals surface area contributed by atoms with Crippen LogP contribution in [0, 0.1) is 6.92 Å². The van der Waals surface area contributed by atoms with Crippen LogP contribution in [0.1, 0.15) is 49.2 Å². The number of nitrogens with one attached hydrogen (secondary N) is 2. The third-order valence-electron chi connectivity index (χ3n) is 5.64. The van der Waals surface area contributed by atoms with E-state index in [4.69, 9.17) is 0 Å². The van der Waals surface area contributed by atoms with Crippen LogP contribution in [-0.2, 0) is 4.79 Å². The zero-order valence-electron chi connectivity index (χ0n) is 18.5. The maximum atomic E-state index is 13.5. The fourth-order valence-corrected chi connectivity index (χ4v) is 4.01. The number of anilines is 3. The molecule has 0 aliphatic carbocycles. The monoisotopic (exact) mass is 453 g/mol. The predicted octanol–water partition coefficient (Wildman–Crippen LogP) is 5.08. The van der Waals surface area contributed by atoms with Crippen LogP contribution in [0.3, 0.4) is 0 Å². The molecule has 1 aromatic carbocycles. The van der Waals surface area contributed by atoms with Gasteiger partial charge in [-0.1, -0.05) is 0 Å². The number of hydrogen-bond acceptors (Lipinski definition) is 5. The molecular weight excluding hydrogens is 426 g/mol. The van der Waals surface area contributed by atoms with Gasteiger partial charge in [-0.3, -0.25) is 9.59 Å². The van der Waals surface area contributed by atoms with Crippen LogP contribution in [0.4, 0.5) is 17.1 Å². The highest BCUT2D eigenvalue weighted by molar-refractivity contribution is 6.07. The zero-order valence-corrected chi connectivity index (χ0v) is 19.3. The number of likely N-dealkylation sites (tertiary alicyclic amines) is 1. The molecule has 1 unspecified atom stereocenters. The van der Waals surface area contributed by atoms with Crippen LogP contribution < -0.4 is 10.6 Å². The van der Waals surface area contributed by atoms with Crippen LogP contribution in [0.2, 0.25) is 0 Å². The van der Waals surface area contributed by atoms with Crippen molar-refractivity contribution in [3.8, 4) is 0 Å². The number of carbonyl (C=O) groups excluding carboxylic acids is 2. The topological polar surface area (TPSA) is 87.2 Å². The summed E-state index contributed by atoms with van der Waals surface area (Å²) >= 11 is 0.